The molecule has 0 atom stereocenters. The van der Waals surface area contributed by atoms with Crippen molar-refractivity contribution < 1.29 is 17.5 Å². The number of halogens is 1. The zero-order valence-electron chi connectivity index (χ0n) is 7.31. The van der Waals surface area contributed by atoms with Gasteiger partial charge >= 0.3 is 10.1 Å². The Morgan fingerprint density at radius 3 is 2.23 bits per heavy atom. The number of carbonyl (C=O) groups is 1. The van der Waals surface area contributed by atoms with Crippen LogP contribution in [0.2, 0.25) is 0 Å². The smallest absolute Gasteiger partial charge is 0.325 e. The van der Waals surface area contributed by atoms with E-state index in [2.05, 4.69) is 9.44 Å². The lowest BCUT2D eigenvalue weighted by atomic mass is 10.6. The Kier molecular flexibility index (Phi) is 4.15. The third-order valence-electron chi connectivity index (χ3n) is 0.835. The predicted molar refractivity (Wildman–Crippen MR) is 47.9 cm³/mol. The second-order valence-corrected chi connectivity index (χ2v) is 4.28. The molecule has 0 unspecified atom stereocenters. The third kappa shape index (κ3) is 5.42. The molecule has 0 heterocycles. The van der Waals surface area contributed by atoms with Crippen LogP contribution in [0.1, 0.15) is 0 Å². The van der Waals surface area contributed by atoms with E-state index in [9.17, 15) is 13.2 Å². The van der Waals surface area contributed by atoms with E-state index in [-0.39, 0.29) is 0 Å². The molecule has 0 aliphatic carbocycles. The zero-order valence-corrected chi connectivity index (χ0v) is 8.89. The van der Waals surface area contributed by atoms with Crippen molar-refractivity contribution >= 4 is 32.8 Å². The highest BCUT2D eigenvalue weighted by atomic mass is 35.5. The number of hydrogen-bond acceptors (Lipinski definition) is 5. The molecule has 0 aliphatic heterocycles. The minimum atomic E-state index is -3.72. The molecular weight excluding hydrogens is 220 g/mol. The first-order chi connectivity index (χ1) is 5.74. The molecule has 0 aromatic rings. The number of nitrogens with zero attached hydrogens (tertiary/aromatic N) is 2. The number of hydrogen-bond donors (Lipinski definition) is 0. The molecular formula is C5H9ClN2O4S. The van der Waals surface area contributed by atoms with Gasteiger partial charge in [0.05, 0.1) is 6.26 Å². The fourth-order valence-electron chi connectivity index (χ4n) is 0.324. The third-order valence-corrected chi connectivity index (χ3v) is 1.41. The first-order valence-electron chi connectivity index (χ1n) is 3.08. The van der Waals surface area contributed by atoms with Crippen molar-refractivity contribution in [2.24, 2.45) is 5.16 Å². The summed E-state index contributed by atoms with van der Waals surface area (Å²) in [7, 11) is -0.831. The first kappa shape index (κ1) is 12.2. The summed E-state index contributed by atoms with van der Waals surface area (Å²) < 4.78 is 24.8. The first-order valence-corrected chi connectivity index (χ1v) is 5.27. The maximum atomic E-state index is 10.9. The van der Waals surface area contributed by atoms with Gasteiger partial charge in [0.25, 0.3) is 5.91 Å². The summed E-state index contributed by atoms with van der Waals surface area (Å²) in [6.45, 7) is 0. The van der Waals surface area contributed by atoms with Crippen LogP contribution < -0.4 is 0 Å². The maximum Gasteiger partial charge on any atom is 0.325 e. The van der Waals surface area contributed by atoms with Gasteiger partial charge in [-0.2, -0.15) is 8.42 Å². The summed E-state index contributed by atoms with van der Waals surface area (Å²) in [5.74, 6) is -0.634. The molecule has 6 nitrogen and oxygen atoms in total. The second kappa shape index (κ2) is 4.43. The highest BCUT2D eigenvalue weighted by Gasteiger charge is 2.12. The molecule has 0 N–H and O–H groups in total. The summed E-state index contributed by atoms with van der Waals surface area (Å²) in [4.78, 5) is 12.1. The van der Waals surface area contributed by atoms with E-state index in [1.807, 2.05) is 0 Å². The molecule has 8 heteroatoms. The summed E-state index contributed by atoms with van der Waals surface area (Å²) in [5.41, 5.74) is 0. The lowest BCUT2D eigenvalue weighted by Gasteiger charge is -2.06. The van der Waals surface area contributed by atoms with Crippen molar-refractivity contribution in [2.45, 2.75) is 0 Å². The summed E-state index contributed by atoms with van der Waals surface area (Å²) in [6.07, 6.45) is 0.792. The standard InChI is InChI=1S/C5H9ClN2O4S/c1-8(2)5(9)4(6)7-12-13(3,10)11/h1-3H3/b7-4-. The number of rotatable bonds is 3. The topological polar surface area (TPSA) is 76.0 Å². The van der Waals surface area contributed by atoms with Crippen LogP contribution in [0.5, 0.6) is 0 Å². The van der Waals surface area contributed by atoms with E-state index in [0.29, 0.717) is 0 Å². The van der Waals surface area contributed by atoms with Gasteiger partial charge in [0.1, 0.15) is 0 Å². The van der Waals surface area contributed by atoms with Crippen LogP contribution in [0.25, 0.3) is 0 Å². The second-order valence-electron chi connectivity index (χ2n) is 2.36. The minimum Gasteiger partial charge on any atom is -0.343 e. The fourth-order valence-corrected chi connectivity index (χ4v) is 0.778. The SMILES string of the molecule is CN(C)C(=O)/C(Cl)=N/OS(C)(=O)=O. The maximum absolute atomic E-state index is 10.9. The van der Waals surface area contributed by atoms with Crippen molar-refractivity contribution in [2.75, 3.05) is 20.4 Å². The van der Waals surface area contributed by atoms with Crippen molar-refractivity contribution in [3.8, 4) is 0 Å². The Morgan fingerprint density at radius 1 is 1.46 bits per heavy atom. The molecule has 13 heavy (non-hydrogen) atoms. The number of oxime groups is 1. The highest BCUT2D eigenvalue weighted by molar-refractivity contribution is 7.85. The molecule has 0 saturated heterocycles. The zero-order chi connectivity index (χ0) is 10.6. The molecule has 0 bridgehead atoms. The average molecular weight is 229 g/mol. The monoisotopic (exact) mass is 228 g/mol. The van der Waals surface area contributed by atoms with Crippen molar-refractivity contribution in [1.29, 1.82) is 0 Å². The van der Waals surface area contributed by atoms with Crippen LogP contribution in [0.4, 0.5) is 0 Å². The average Bonchev–Trinajstić information content (AvgIpc) is 1.97. The minimum absolute atomic E-state index is 0.546. The van der Waals surface area contributed by atoms with E-state index < -0.39 is 21.2 Å². The summed E-state index contributed by atoms with van der Waals surface area (Å²) >= 11 is 5.30. The van der Waals surface area contributed by atoms with Gasteiger partial charge in [0.2, 0.25) is 5.17 Å². The largest absolute Gasteiger partial charge is 0.343 e. The van der Waals surface area contributed by atoms with Crippen LogP contribution in [0.3, 0.4) is 0 Å². The van der Waals surface area contributed by atoms with E-state index in [0.717, 1.165) is 11.2 Å². The van der Waals surface area contributed by atoms with Gasteiger partial charge in [0.15, 0.2) is 0 Å². The van der Waals surface area contributed by atoms with E-state index in [1.54, 1.807) is 0 Å². The van der Waals surface area contributed by atoms with Crippen molar-refractivity contribution in [3.05, 3.63) is 0 Å². The Bertz CT molecular complexity index is 321. The lowest BCUT2D eigenvalue weighted by Crippen LogP contribution is -2.27. The van der Waals surface area contributed by atoms with Gasteiger partial charge in [-0.25, -0.2) is 0 Å². The van der Waals surface area contributed by atoms with Crippen molar-refractivity contribution in [1.82, 2.24) is 4.90 Å². The Balaban J connectivity index is 4.44. The quantitative estimate of drug-likeness (QED) is 0.487. The van der Waals surface area contributed by atoms with Crippen LogP contribution in [0.15, 0.2) is 5.16 Å². The molecule has 0 rings (SSSR count). The van der Waals surface area contributed by atoms with Gasteiger partial charge in [-0.15, -0.1) is 0 Å². The molecule has 0 aliphatic rings. The highest BCUT2D eigenvalue weighted by Crippen LogP contribution is 1.95. The van der Waals surface area contributed by atoms with Crippen LogP contribution in [-0.4, -0.2) is 44.7 Å². The van der Waals surface area contributed by atoms with E-state index in [1.165, 1.54) is 14.1 Å². The summed E-state index contributed by atoms with van der Waals surface area (Å²) in [6, 6.07) is 0. The number of carbonyl (C=O) groups excluding carboxylic acids is 1. The molecule has 0 saturated carbocycles. The molecule has 1 amide bonds. The number of amides is 1. The van der Waals surface area contributed by atoms with Gasteiger partial charge in [-0.1, -0.05) is 11.6 Å². The van der Waals surface area contributed by atoms with E-state index in [4.69, 9.17) is 11.6 Å². The van der Waals surface area contributed by atoms with Crippen LogP contribution in [-0.2, 0) is 19.2 Å². The van der Waals surface area contributed by atoms with Gasteiger partial charge < -0.3 is 4.90 Å². The van der Waals surface area contributed by atoms with Crippen LogP contribution >= 0.6 is 11.6 Å². The van der Waals surface area contributed by atoms with Gasteiger partial charge in [-0.05, 0) is 5.16 Å². The lowest BCUT2D eigenvalue weighted by molar-refractivity contribution is -0.121. The predicted octanol–water partition coefficient (Wildman–Crippen LogP) is -0.397. The molecule has 0 fully saturated rings. The Morgan fingerprint density at radius 2 is 1.92 bits per heavy atom. The fraction of sp³-hybridized carbons (Fsp3) is 0.600. The Hall–Kier alpha value is -0.820. The Labute approximate surface area is 81.2 Å². The summed E-state index contributed by atoms with van der Waals surface area (Å²) in [5, 5.41) is 2.37. The van der Waals surface area contributed by atoms with E-state index >= 15 is 0 Å². The molecule has 0 spiro atoms. The molecule has 0 aromatic heterocycles. The van der Waals surface area contributed by atoms with Gasteiger partial charge in [-0.3, -0.25) is 9.08 Å². The normalized spacial score (nSPS) is 12.5. The molecule has 0 radical (unpaired) electrons. The van der Waals surface area contributed by atoms with Crippen molar-refractivity contribution in [3.63, 3.8) is 0 Å². The molecule has 0 aromatic carbocycles. The molecule has 76 valence electrons. The van der Waals surface area contributed by atoms with Gasteiger partial charge in [0, 0.05) is 14.1 Å². The van der Waals surface area contributed by atoms with Crippen LogP contribution in [0, 0.1) is 0 Å².